The van der Waals surface area contributed by atoms with E-state index >= 15 is 0 Å². The summed E-state index contributed by atoms with van der Waals surface area (Å²) < 4.78 is 4.94. The molecule has 0 saturated carbocycles. The number of aromatic amines is 1. The lowest BCUT2D eigenvalue weighted by Gasteiger charge is -2.06. The number of hydrogen-bond donors (Lipinski definition) is 2. The van der Waals surface area contributed by atoms with Crippen LogP contribution >= 0.6 is 0 Å². The Morgan fingerprint density at radius 3 is 3.19 bits per heavy atom. The molecule has 4 heteroatoms. The first kappa shape index (κ1) is 11.4. The maximum absolute atomic E-state index is 11.7. The van der Waals surface area contributed by atoms with Crippen molar-refractivity contribution in [1.82, 2.24) is 10.3 Å². The lowest BCUT2D eigenvalue weighted by Crippen LogP contribution is -2.24. The zero-order valence-electron chi connectivity index (χ0n) is 9.64. The predicted octanol–water partition coefficient (Wildman–Crippen LogP) is 0.600. The molecule has 1 aromatic heterocycles. The maximum atomic E-state index is 11.7. The standard InChI is InChI=1S/C12H18N2O2/c1-16-6-5-13-8-10-7-9-3-2-4-11(9)14-12(10)15/h7,13H,2-6,8H2,1H3,(H,14,15). The van der Waals surface area contributed by atoms with Crippen LogP contribution in [0.25, 0.3) is 0 Å². The van der Waals surface area contributed by atoms with Crippen molar-refractivity contribution in [2.75, 3.05) is 20.3 Å². The smallest absolute Gasteiger partial charge is 0.252 e. The molecule has 0 bridgehead atoms. The van der Waals surface area contributed by atoms with E-state index in [2.05, 4.69) is 10.3 Å². The van der Waals surface area contributed by atoms with Gasteiger partial charge in [0.1, 0.15) is 0 Å². The van der Waals surface area contributed by atoms with Gasteiger partial charge < -0.3 is 15.0 Å². The van der Waals surface area contributed by atoms with Crippen LogP contribution in [0, 0.1) is 0 Å². The van der Waals surface area contributed by atoms with Crippen LogP contribution in [-0.2, 0) is 24.1 Å². The van der Waals surface area contributed by atoms with Crippen molar-refractivity contribution in [1.29, 1.82) is 0 Å². The summed E-state index contributed by atoms with van der Waals surface area (Å²) in [4.78, 5) is 14.7. The molecule has 0 unspecified atom stereocenters. The van der Waals surface area contributed by atoms with Gasteiger partial charge in [-0.2, -0.15) is 0 Å². The Morgan fingerprint density at radius 1 is 1.50 bits per heavy atom. The van der Waals surface area contributed by atoms with Crippen LogP contribution in [0.2, 0.25) is 0 Å². The average molecular weight is 222 g/mol. The van der Waals surface area contributed by atoms with Crippen LogP contribution < -0.4 is 10.9 Å². The highest BCUT2D eigenvalue weighted by Gasteiger charge is 2.13. The minimum Gasteiger partial charge on any atom is -0.383 e. The first-order chi connectivity index (χ1) is 7.81. The van der Waals surface area contributed by atoms with Crippen molar-refractivity contribution in [3.05, 3.63) is 33.2 Å². The van der Waals surface area contributed by atoms with E-state index in [1.165, 1.54) is 5.56 Å². The van der Waals surface area contributed by atoms with E-state index in [9.17, 15) is 4.79 Å². The second-order valence-corrected chi connectivity index (χ2v) is 4.15. The van der Waals surface area contributed by atoms with E-state index in [0.717, 1.165) is 37.1 Å². The van der Waals surface area contributed by atoms with E-state index in [-0.39, 0.29) is 5.56 Å². The number of aryl methyl sites for hydroxylation is 2. The van der Waals surface area contributed by atoms with Crippen molar-refractivity contribution in [3.63, 3.8) is 0 Å². The van der Waals surface area contributed by atoms with Gasteiger partial charge in [-0.3, -0.25) is 4.79 Å². The topological polar surface area (TPSA) is 54.1 Å². The van der Waals surface area contributed by atoms with Gasteiger partial charge in [-0.25, -0.2) is 0 Å². The number of nitrogens with one attached hydrogen (secondary N) is 2. The third-order valence-electron chi connectivity index (χ3n) is 2.96. The third kappa shape index (κ3) is 2.51. The Hall–Kier alpha value is -1.13. The fourth-order valence-electron chi connectivity index (χ4n) is 2.09. The van der Waals surface area contributed by atoms with Crippen LogP contribution in [-0.4, -0.2) is 25.2 Å². The van der Waals surface area contributed by atoms with Gasteiger partial charge in [0.05, 0.1) is 6.61 Å². The Kier molecular flexibility index (Phi) is 3.74. The van der Waals surface area contributed by atoms with E-state index in [1.54, 1.807) is 7.11 Å². The van der Waals surface area contributed by atoms with Crippen LogP contribution in [0.15, 0.2) is 10.9 Å². The Morgan fingerprint density at radius 2 is 2.38 bits per heavy atom. The van der Waals surface area contributed by atoms with E-state index in [4.69, 9.17) is 4.74 Å². The van der Waals surface area contributed by atoms with E-state index < -0.39 is 0 Å². The third-order valence-corrected chi connectivity index (χ3v) is 2.96. The molecule has 2 N–H and O–H groups in total. The van der Waals surface area contributed by atoms with Crippen molar-refractivity contribution in [3.8, 4) is 0 Å². The monoisotopic (exact) mass is 222 g/mol. The quantitative estimate of drug-likeness (QED) is 0.717. The zero-order chi connectivity index (χ0) is 11.4. The van der Waals surface area contributed by atoms with Crippen LogP contribution in [0.4, 0.5) is 0 Å². The van der Waals surface area contributed by atoms with Crippen LogP contribution in [0.1, 0.15) is 23.2 Å². The molecule has 0 atom stereocenters. The van der Waals surface area contributed by atoms with Gasteiger partial charge in [-0.05, 0) is 30.9 Å². The second-order valence-electron chi connectivity index (χ2n) is 4.15. The lowest BCUT2D eigenvalue weighted by atomic mass is 10.1. The zero-order valence-corrected chi connectivity index (χ0v) is 9.64. The van der Waals surface area contributed by atoms with Gasteiger partial charge in [0.25, 0.3) is 5.56 Å². The highest BCUT2D eigenvalue weighted by atomic mass is 16.5. The molecule has 4 nitrogen and oxygen atoms in total. The molecule has 1 heterocycles. The van der Waals surface area contributed by atoms with Gasteiger partial charge in [-0.1, -0.05) is 0 Å². The van der Waals surface area contributed by atoms with Gasteiger partial charge in [0.2, 0.25) is 0 Å². The molecule has 0 fully saturated rings. The summed E-state index contributed by atoms with van der Waals surface area (Å²) in [7, 11) is 1.67. The summed E-state index contributed by atoms with van der Waals surface area (Å²) in [5.41, 5.74) is 3.32. The molecule has 0 amide bonds. The molecule has 0 aliphatic heterocycles. The number of fused-ring (bicyclic) bond motifs is 1. The molecule has 1 aliphatic carbocycles. The second kappa shape index (κ2) is 5.27. The molecule has 1 aliphatic rings. The number of hydrogen-bond acceptors (Lipinski definition) is 3. The molecule has 2 rings (SSSR count). The number of ether oxygens (including phenoxy) is 1. The van der Waals surface area contributed by atoms with Gasteiger partial charge in [0.15, 0.2) is 0 Å². The number of rotatable bonds is 5. The number of methoxy groups -OCH3 is 1. The summed E-state index contributed by atoms with van der Waals surface area (Å²) in [6.07, 6.45) is 3.27. The summed E-state index contributed by atoms with van der Waals surface area (Å²) in [6.45, 7) is 2.06. The van der Waals surface area contributed by atoms with Gasteiger partial charge >= 0.3 is 0 Å². The predicted molar refractivity (Wildman–Crippen MR) is 62.7 cm³/mol. The molecular formula is C12H18N2O2. The first-order valence-electron chi connectivity index (χ1n) is 5.75. The largest absolute Gasteiger partial charge is 0.383 e. The van der Waals surface area contributed by atoms with Crippen molar-refractivity contribution >= 4 is 0 Å². The SMILES string of the molecule is COCCNCc1cc2c([nH]c1=O)CCC2. The first-order valence-corrected chi connectivity index (χ1v) is 5.75. The average Bonchev–Trinajstić information content (AvgIpc) is 2.71. The molecule has 16 heavy (non-hydrogen) atoms. The van der Waals surface area contributed by atoms with Crippen molar-refractivity contribution in [2.24, 2.45) is 0 Å². The molecule has 0 saturated heterocycles. The van der Waals surface area contributed by atoms with E-state index in [1.807, 2.05) is 6.07 Å². The number of H-pyrrole nitrogens is 1. The minimum atomic E-state index is 0.0468. The summed E-state index contributed by atoms with van der Waals surface area (Å²) in [6, 6.07) is 2.04. The van der Waals surface area contributed by atoms with Gasteiger partial charge in [0, 0.05) is 31.5 Å². The van der Waals surface area contributed by atoms with Gasteiger partial charge in [-0.15, -0.1) is 0 Å². The molecule has 88 valence electrons. The van der Waals surface area contributed by atoms with Crippen LogP contribution in [0.5, 0.6) is 0 Å². The Balaban J connectivity index is 2.01. The van der Waals surface area contributed by atoms with E-state index in [0.29, 0.717) is 13.2 Å². The summed E-state index contributed by atoms with van der Waals surface area (Å²) in [5.74, 6) is 0. The van der Waals surface area contributed by atoms with Crippen molar-refractivity contribution in [2.45, 2.75) is 25.8 Å². The molecule has 0 radical (unpaired) electrons. The van der Waals surface area contributed by atoms with Crippen LogP contribution in [0.3, 0.4) is 0 Å². The molecule has 0 spiro atoms. The summed E-state index contributed by atoms with van der Waals surface area (Å²) >= 11 is 0. The number of aromatic nitrogens is 1. The normalized spacial score (nSPS) is 14.1. The molecular weight excluding hydrogens is 204 g/mol. The minimum absolute atomic E-state index is 0.0468. The Bertz CT molecular complexity index is 412. The number of pyridine rings is 1. The maximum Gasteiger partial charge on any atom is 0.252 e. The lowest BCUT2D eigenvalue weighted by molar-refractivity contribution is 0.199. The summed E-state index contributed by atoms with van der Waals surface area (Å²) in [5, 5.41) is 3.19. The van der Waals surface area contributed by atoms with Crippen molar-refractivity contribution < 1.29 is 4.74 Å². The highest BCUT2D eigenvalue weighted by Crippen LogP contribution is 2.18. The molecule has 0 aromatic carbocycles. The highest BCUT2D eigenvalue weighted by molar-refractivity contribution is 5.28. The fourth-order valence-corrected chi connectivity index (χ4v) is 2.09. The fraction of sp³-hybridized carbons (Fsp3) is 0.583. The Labute approximate surface area is 95.0 Å². The molecule has 1 aromatic rings.